The Kier molecular flexibility index (Phi) is 5.89. The first-order valence-corrected chi connectivity index (χ1v) is 6.00. The maximum absolute atomic E-state index is 11.5. The first-order chi connectivity index (χ1) is 6.97. The van der Waals surface area contributed by atoms with Crippen molar-refractivity contribution in [2.24, 2.45) is 0 Å². The second-order valence-corrected chi connectivity index (χ2v) is 4.79. The fourth-order valence-electron chi connectivity index (χ4n) is 0.947. The predicted octanol–water partition coefficient (Wildman–Crippen LogP) is -0.275. The molecule has 0 aromatic carbocycles. The Labute approximate surface area is 89.5 Å². The van der Waals surface area contributed by atoms with E-state index in [4.69, 9.17) is 5.26 Å². The number of sulfonamides is 1. The van der Waals surface area contributed by atoms with Gasteiger partial charge in [-0.15, -0.1) is 0 Å². The molecule has 15 heavy (non-hydrogen) atoms. The van der Waals surface area contributed by atoms with E-state index >= 15 is 0 Å². The van der Waals surface area contributed by atoms with E-state index < -0.39 is 21.7 Å². The summed E-state index contributed by atoms with van der Waals surface area (Å²) >= 11 is 0. The molecular weight excluding hydrogens is 220 g/mol. The summed E-state index contributed by atoms with van der Waals surface area (Å²) < 4.78 is 28.3. The molecule has 7 heteroatoms. The van der Waals surface area contributed by atoms with Gasteiger partial charge >= 0.3 is 5.97 Å². The molecule has 0 unspecified atom stereocenters. The van der Waals surface area contributed by atoms with Gasteiger partial charge < -0.3 is 4.74 Å². The summed E-state index contributed by atoms with van der Waals surface area (Å²) in [5, 5.41) is 8.34. The maximum Gasteiger partial charge on any atom is 0.321 e. The highest BCUT2D eigenvalue weighted by Crippen LogP contribution is 2.02. The largest absolute Gasteiger partial charge is 0.468 e. The van der Waals surface area contributed by atoms with Crippen molar-refractivity contribution in [1.29, 1.82) is 5.26 Å². The van der Waals surface area contributed by atoms with Crippen LogP contribution >= 0.6 is 0 Å². The first kappa shape index (κ1) is 13.9. The number of carbonyl (C=O) groups excluding carboxylic acids is 1. The Morgan fingerprint density at radius 3 is 2.53 bits per heavy atom. The number of ether oxygens (including phenoxy) is 1. The minimum Gasteiger partial charge on any atom is -0.468 e. The van der Waals surface area contributed by atoms with Gasteiger partial charge in [-0.25, -0.2) is 8.42 Å². The van der Waals surface area contributed by atoms with Crippen LogP contribution in [0.5, 0.6) is 0 Å². The number of rotatable bonds is 6. The maximum atomic E-state index is 11.5. The molecule has 0 aliphatic heterocycles. The average Bonchev–Trinajstić information content (AvgIpc) is 2.16. The zero-order chi connectivity index (χ0) is 11.9. The van der Waals surface area contributed by atoms with Gasteiger partial charge in [0.15, 0.2) is 5.75 Å². The lowest BCUT2D eigenvalue weighted by Crippen LogP contribution is -2.37. The molecule has 0 bridgehead atoms. The zero-order valence-corrected chi connectivity index (χ0v) is 9.58. The first-order valence-electron chi connectivity index (χ1n) is 4.39. The highest BCUT2D eigenvalue weighted by atomic mass is 32.2. The van der Waals surface area contributed by atoms with Gasteiger partial charge in [0, 0.05) is 6.54 Å². The van der Waals surface area contributed by atoms with Crippen LogP contribution in [0.4, 0.5) is 0 Å². The van der Waals surface area contributed by atoms with Crippen LogP contribution in [0, 0.1) is 11.3 Å². The van der Waals surface area contributed by atoms with Crippen LogP contribution < -0.4 is 0 Å². The Bertz CT molecular complexity index is 344. The third-order valence-electron chi connectivity index (χ3n) is 1.65. The summed E-state index contributed by atoms with van der Waals surface area (Å²) in [6, 6.07) is 1.56. The van der Waals surface area contributed by atoms with Crippen LogP contribution in [0.3, 0.4) is 0 Å². The molecule has 0 radical (unpaired) electrons. The molecule has 86 valence electrons. The van der Waals surface area contributed by atoms with E-state index in [0.29, 0.717) is 6.42 Å². The van der Waals surface area contributed by atoms with Crippen molar-refractivity contribution in [2.45, 2.75) is 13.3 Å². The molecule has 0 aromatic heterocycles. The third-order valence-corrected chi connectivity index (χ3v) is 3.24. The molecule has 0 atom stereocenters. The smallest absolute Gasteiger partial charge is 0.321 e. The number of hydrogen-bond donors (Lipinski definition) is 0. The van der Waals surface area contributed by atoms with Gasteiger partial charge in [-0.1, -0.05) is 6.92 Å². The van der Waals surface area contributed by atoms with Crippen LogP contribution in [-0.2, 0) is 19.6 Å². The summed E-state index contributed by atoms with van der Waals surface area (Å²) in [7, 11) is -2.48. The van der Waals surface area contributed by atoms with Crippen molar-refractivity contribution in [3.05, 3.63) is 0 Å². The molecule has 0 rings (SSSR count). The highest BCUT2D eigenvalue weighted by Gasteiger charge is 2.23. The number of nitrogens with zero attached hydrogens (tertiary/aromatic N) is 2. The van der Waals surface area contributed by atoms with Gasteiger partial charge in [0.05, 0.1) is 13.2 Å². The summed E-state index contributed by atoms with van der Waals surface area (Å²) in [5.74, 6) is -1.26. The molecule has 6 nitrogen and oxygen atoms in total. The van der Waals surface area contributed by atoms with E-state index in [-0.39, 0.29) is 13.1 Å². The Morgan fingerprint density at radius 2 is 2.13 bits per heavy atom. The molecule has 0 aliphatic rings. The van der Waals surface area contributed by atoms with Gasteiger partial charge in [-0.3, -0.25) is 4.79 Å². The second kappa shape index (κ2) is 6.37. The Balaban J connectivity index is 4.67. The third kappa shape index (κ3) is 4.76. The minimum absolute atomic E-state index is 0.207. The lowest BCUT2D eigenvalue weighted by atomic mass is 10.5. The molecule has 0 heterocycles. The summed E-state index contributed by atoms with van der Waals surface area (Å²) in [6.07, 6.45) is 0.571. The van der Waals surface area contributed by atoms with Crippen molar-refractivity contribution >= 4 is 16.0 Å². The van der Waals surface area contributed by atoms with Gasteiger partial charge in [-0.2, -0.15) is 9.57 Å². The van der Waals surface area contributed by atoms with Crippen LogP contribution in [0.15, 0.2) is 0 Å². The number of hydrogen-bond acceptors (Lipinski definition) is 5. The molecular formula is C8H14N2O4S. The van der Waals surface area contributed by atoms with E-state index in [1.54, 1.807) is 13.0 Å². The molecule has 0 aliphatic carbocycles. The minimum atomic E-state index is -3.67. The van der Waals surface area contributed by atoms with Crippen molar-refractivity contribution in [3.63, 3.8) is 0 Å². The SMILES string of the molecule is CCCN(CC(=O)OC)S(=O)(=O)CC#N. The number of esters is 1. The van der Waals surface area contributed by atoms with Crippen LogP contribution in [-0.4, -0.2) is 44.6 Å². The van der Waals surface area contributed by atoms with Gasteiger partial charge in [0.2, 0.25) is 10.0 Å². The van der Waals surface area contributed by atoms with Crippen molar-refractivity contribution < 1.29 is 17.9 Å². The molecule has 0 amide bonds. The lowest BCUT2D eigenvalue weighted by Gasteiger charge is -2.18. The van der Waals surface area contributed by atoms with E-state index in [2.05, 4.69) is 4.74 Å². The van der Waals surface area contributed by atoms with Gasteiger partial charge in [0.1, 0.15) is 6.54 Å². The van der Waals surface area contributed by atoms with Crippen LogP contribution in [0.25, 0.3) is 0 Å². The summed E-state index contributed by atoms with van der Waals surface area (Å²) in [4.78, 5) is 10.9. The van der Waals surface area contributed by atoms with Crippen molar-refractivity contribution in [2.75, 3.05) is 26.0 Å². The molecule has 0 N–H and O–H groups in total. The number of carbonyl (C=O) groups is 1. The van der Waals surface area contributed by atoms with E-state index in [0.717, 1.165) is 4.31 Å². The summed E-state index contributed by atoms with van der Waals surface area (Å²) in [5.41, 5.74) is 0. The lowest BCUT2D eigenvalue weighted by molar-refractivity contribution is -0.140. The van der Waals surface area contributed by atoms with Gasteiger partial charge in [-0.05, 0) is 6.42 Å². The normalized spacial score (nSPS) is 11.1. The van der Waals surface area contributed by atoms with Gasteiger partial charge in [0.25, 0.3) is 0 Å². The monoisotopic (exact) mass is 234 g/mol. The molecule has 0 saturated carbocycles. The molecule has 0 fully saturated rings. The van der Waals surface area contributed by atoms with Crippen molar-refractivity contribution in [3.8, 4) is 6.07 Å². The fraction of sp³-hybridized carbons (Fsp3) is 0.750. The zero-order valence-electron chi connectivity index (χ0n) is 8.76. The van der Waals surface area contributed by atoms with E-state index in [1.165, 1.54) is 7.11 Å². The molecule has 0 aromatic rings. The van der Waals surface area contributed by atoms with E-state index in [1.807, 2.05) is 0 Å². The Morgan fingerprint density at radius 1 is 1.53 bits per heavy atom. The average molecular weight is 234 g/mol. The number of nitriles is 1. The molecule has 0 spiro atoms. The van der Waals surface area contributed by atoms with E-state index in [9.17, 15) is 13.2 Å². The van der Waals surface area contributed by atoms with Crippen LogP contribution in [0.2, 0.25) is 0 Å². The highest BCUT2D eigenvalue weighted by molar-refractivity contribution is 7.89. The van der Waals surface area contributed by atoms with Crippen molar-refractivity contribution in [1.82, 2.24) is 4.31 Å². The topological polar surface area (TPSA) is 87.5 Å². The Hall–Kier alpha value is -1.13. The molecule has 0 saturated heterocycles. The standard InChI is InChI=1S/C8H14N2O4S/c1-3-5-10(7-8(11)14-2)15(12,13)6-4-9/h3,5-7H2,1-2H3. The second-order valence-electron chi connectivity index (χ2n) is 2.82. The number of methoxy groups -OCH3 is 1. The summed E-state index contributed by atoms with van der Waals surface area (Å²) in [6.45, 7) is 1.65. The fourth-order valence-corrected chi connectivity index (χ4v) is 2.06. The van der Waals surface area contributed by atoms with Crippen LogP contribution in [0.1, 0.15) is 13.3 Å². The quantitative estimate of drug-likeness (QED) is 0.590. The predicted molar refractivity (Wildman–Crippen MR) is 53.3 cm³/mol.